The van der Waals surface area contributed by atoms with Crippen molar-refractivity contribution in [3.63, 3.8) is 0 Å². The fraction of sp³-hybridized carbons (Fsp3) is 0.182. The van der Waals surface area contributed by atoms with E-state index in [1.165, 1.54) is 32.6 Å². The molecule has 1 amide bonds. The summed E-state index contributed by atoms with van der Waals surface area (Å²) in [5.74, 6) is -0.932. The number of nitrogens with one attached hydrogen (secondary N) is 3. The molecule has 3 aromatic rings. The predicted molar refractivity (Wildman–Crippen MR) is 115 cm³/mol. The lowest BCUT2D eigenvalue weighted by Gasteiger charge is -2.16. The number of ether oxygens (including phenoxy) is 1. The van der Waals surface area contributed by atoms with E-state index in [1.807, 2.05) is 24.3 Å². The van der Waals surface area contributed by atoms with Gasteiger partial charge in [0.15, 0.2) is 0 Å². The van der Waals surface area contributed by atoms with Crippen LogP contribution in [-0.4, -0.2) is 45.2 Å². The van der Waals surface area contributed by atoms with E-state index in [9.17, 15) is 14.4 Å². The van der Waals surface area contributed by atoms with E-state index in [1.54, 1.807) is 6.08 Å². The third-order valence-electron chi connectivity index (χ3n) is 4.97. The van der Waals surface area contributed by atoms with Crippen molar-refractivity contribution in [3.8, 4) is 11.4 Å². The highest BCUT2D eigenvalue weighted by molar-refractivity contribution is 5.87. The summed E-state index contributed by atoms with van der Waals surface area (Å²) in [6.45, 7) is 1.33. The summed E-state index contributed by atoms with van der Waals surface area (Å²) in [5, 5.41) is 9.53. The topological polar surface area (TPSA) is 142 Å². The summed E-state index contributed by atoms with van der Waals surface area (Å²) < 4.78 is 4.86. The van der Waals surface area contributed by atoms with Gasteiger partial charge in [-0.15, -0.1) is 0 Å². The second kappa shape index (κ2) is 8.80. The standard InChI is InChI=1S/C22H20N6O4/c1-12(29)25-18(22(31)32-2)9-14-13-5-3-4-6-16(13)26-17(14)10-15-20(27-28-21(15)30)19-11-23-7-8-24-19/h3-8,10-11,18H,9H2,1-2H3,(H,25,29)(H2,27,28,30). The molecule has 0 aliphatic carbocycles. The number of hydrogen-bond acceptors (Lipinski definition) is 7. The monoisotopic (exact) mass is 432 g/mol. The normalized spacial score (nSPS) is 14.6. The Bertz CT molecular complexity index is 1390. The highest BCUT2D eigenvalue weighted by atomic mass is 16.5. The molecule has 10 nitrogen and oxygen atoms in total. The molecule has 3 N–H and O–H groups in total. The first-order valence-electron chi connectivity index (χ1n) is 9.79. The third-order valence-corrected chi connectivity index (χ3v) is 4.97. The number of nitrogens with zero attached hydrogens (tertiary/aromatic N) is 3. The fourth-order valence-corrected chi connectivity index (χ4v) is 3.55. The number of H-pyrrole nitrogens is 2. The Morgan fingerprint density at radius 2 is 2.03 bits per heavy atom. The van der Waals surface area contributed by atoms with Crippen molar-refractivity contribution >= 4 is 23.5 Å². The largest absolute Gasteiger partial charge is 0.467 e. The lowest BCUT2D eigenvalue weighted by atomic mass is 10.00. The van der Waals surface area contributed by atoms with Gasteiger partial charge in [-0.3, -0.25) is 29.8 Å². The van der Waals surface area contributed by atoms with E-state index in [4.69, 9.17) is 4.74 Å². The quantitative estimate of drug-likeness (QED) is 0.470. The number of fused-ring (bicyclic) bond motifs is 1. The summed E-state index contributed by atoms with van der Waals surface area (Å²) in [6, 6.07) is 6.52. The van der Waals surface area contributed by atoms with Crippen LogP contribution < -0.4 is 21.5 Å². The third kappa shape index (κ3) is 4.10. The second-order valence-corrected chi connectivity index (χ2v) is 7.08. The second-order valence-electron chi connectivity index (χ2n) is 7.08. The first-order chi connectivity index (χ1) is 15.5. The van der Waals surface area contributed by atoms with Crippen LogP contribution in [0.15, 0.2) is 58.3 Å². The van der Waals surface area contributed by atoms with Gasteiger partial charge in [-0.1, -0.05) is 18.2 Å². The number of methoxy groups -OCH3 is 1. The smallest absolute Gasteiger partial charge is 0.328 e. The number of rotatable bonds is 6. The Hall–Kier alpha value is -4.34. The molecule has 162 valence electrons. The summed E-state index contributed by atoms with van der Waals surface area (Å²) in [6.07, 6.45) is 6.38. The van der Waals surface area contributed by atoms with Crippen LogP contribution in [0.5, 0.6) is 0 Å². The Kier molecular flexibility index (Phi) is 5.75. The number of benzene rings is 1. The van der Waals surface area contributed by atoms with Crippen molar-refractivity contribution in [1.29, 1.82) is 0 Å². The van der Waals surface area contributed by atoms with Crippen molar-refractivity contribution in [2.75, 3.05) is 7.11 Å². The summed E-state index contributed by atoms with van der Waals surface area (Å²) in [5.41, 5.74) is 2.13. The molecule has 0 spiro atoms. The van der Waals surface area contributed by atoms with Crippen LogP contribution in [0.3, 0.4) is 0 Å². The molecular formula is C22H20N6O4. The highest BCUT2D eigenvalue weighted by Gasteiger charge is 2.26. The summed E-state index contributed by atoms with van der Waals surface area (Å²) in [4.78, 5) is 49.4. The lowest BCUT2D eigenvalue weighted by molar-refractivity contribution is -0.144. The lowest BCUT2D eigenvalue weighted by Crippen LogP contribution is -2.41. The van der Waals surface area contributed by atoms with Gasteiger partial charge in [0.25, 0.3) is 5.56 Å². The predicted octanol–water partition coefficient (Wildman–Crippen LogP) is 0.0528. The van der Waals surface area contributed by atoms with Crippen LogP contribution in [0.4, 0.5) is 0 Å². The van der Waals surface area contributed by atoms with Gasteiger partial charge in [0, 0.05) is 31.0 Å². The van der Waals surface area contributed by atoms with Gasteiger partial charge in [0.2, 0.25) is 5.91 Å². The average molecular weight is 432 g/mol. The van der Waals surface area contributed by atoms with E-state index in [2.05, 4.69) is 30.5 Å². The molecule has 10 heteroatoms. The zero-order chi connectivity index (χ0) is 22.7. The summed E-state index contributed by atoms with van der Waals surface area (Å²) in [7, 11) is 1.26. The van der Waals surface area contributed by atoms with Gasteiger partial charge >= 0.3 is 5.97 Å². The number of carbonyl (C=O) groups is 2. The molecule has 32 heavy (non-hydrogen) atoms. The molecule has 0 saturated carbocycles. The molecule has 1 aliphatic heterocycles. The number of para-hydroxylation sites is 1. The van der Waals surface area contributed by atoms with Crippen molar-refractivity contribution < 1.29 is 14.3 Å². The molecule has 0 bridgehead atoms. The fourth-order valence-electron chi connectivity index (χ4n) is 3.55. The molecule has 1 aliphatic rings. The van der Waals surface area contributed by atoms with E-state index in [0.29, 0.717) is 33.6 Å². The molecule has 3 heterocycles. The van der Waals surface area contributed by atoms with Crippen LogP contribution in [0, 0.1) is 0 Å². The maximum Gasteiger partial charge on any atom is 0.328 e. The van der Waals surface area contributed by atoms with Crippen molar-refractivity contribution in [2.24, 2.45) is 4.99 Å². The molecule has 0 fully saturated rings. The number of carbonyl (C=O) groups excluding carboxylic acids is 2. The SMILES string of the molecule is COC(=O)C(CC1=c2ccccc2=NC1=Cc1c(-c2cnccn2)[nH][nH]c1=O)NC(C)=O. The Morgan fingerprint density at radius 1 is 1.22 bits per heavy atom. The van der Waals surface area contributed by atoms with Crippen molar-refractivity contribution in [3.05, 3.63) is 75.0 Å². The van der Waals surface area contributed by atoms with E-state index in [0.717, 1.165) is 5.22 Å². The van der Waals surface area contributed by atoms with Crippen LogP contribution in [0.25, 0.3) is 23.0 Å². The zero-order valence-electron chi connectivity index (χ0n) is 17.4. The van der Waals surface area contributed by atoms with E-state index < -0.39 is 12.0 Å². The van der Waals surface area contributed by atoms with Crippen LogP contribution in [0.1, 0.15) is 18.9 Å². The number of aromatic nitrogens is 4. The van der Waals surface area contributed by atoms with Gasteiger partial charge in [-0.25, -0.2) is 9.79 Å². The Labute approximate surface area is 181 Å². The molecule has 1 atom stereocenters. The minimum absolute atomic E-state index is 0.140. The highest BCUT2D eigenvalue weighted by Crippen LogP contribution is 2.25. The first kappa shape index (κ1) is 20.9. The molecule has 4 rings (SSSR count). The van der Waals surface area contributed by atoms with Crippen LogP contribution in [-0.2, 0) is 14.3 Å². The molecule has 1 aromatic carbocycles. The van der Waals surface area contributed by atoms with Gasteiger partial charge in [0.05, 0.1) is 35.6 Å². The number of esters is 1. The molecular weight excluding hydrogens is 412 g/mol. The number of amides is 1. The zero-order valence-corrected chi connectivity index (χ0v) is 17.4. The molecule has 2 aromatic heterocycles. The molecule has 0 saturated heterocycles. The maximum atomic E-state index is 12.5. The number of hydrogen-bond donors (Lipinski definition) is 3. The first-order valence-corrected chi connectivity index (χ1v) is 9.79. The maximum absolute atomic E-state index is 12.5. The Morgan fingerprint density at radius 3 is 2.75 bits per heavy atom. The number of allylic oxidation sites excluding steroid dienone is 1. The molecule has 1 unspecified atom stereocenters. The van der Waals surface area contributed by atoms with Crippen LogP contribution in [0.2, 0.25) is 0 Å². The average Bonchev–Trinajstić information content (AvgIpc) is 3.33. The molecule has 0 radical (unpaired) electrons. The van der Waals surface area contributed by atoms with Gasteiger partial charge in [-0.05, 0) is 17.7 Å². The number of aromatic amines is 2. The Balaban J connectivity index is 1.83. The minimum atomic E-state index is -0.902. The van der Waals surface area contributed by atoms with E-state index >= 15 is 0 Å². The van der Waals surface area contributed by atoms with Gasteiger partial charge < -0.3 is 10.1 Å². The van der Waals surface area contributed by atoms with E-state index in [-0.39, 0.29) is 17.9 Å². The minimum Gasteiger partial charge on any atom is -0.467 e. The van der Waals surface area contributed by atoms with Gasteiger partial charge in [-0.2, -0.15) is 0 Å². The summed E-state index contributed by atoms with van der Waals surface area (Å²) >= 11 is 0. The van der Waals surface area contributed by atoms with Gasteiger partial charge in [0.1, 0.15) is 11.7 Å². The van der Waals surface area contributed by atoms with Crippen molar-refractivity contribution in [1.82, 2.24) is 25.5 Å². The van der Waals surface area contributed by atoms with Crippen molar-refractivity contribution in [2.45, 2.75) is 19.4 Å². The van der Waals surface area contributed by atoms with Crippen LogP contribution >= 0.6 is 0 Å².